The summed E-state index contributed by atoms with van der Waals surface area (Å²) in [4.78, 5) is 15.1. The molecule has 0 saturated carbocycles. The van der Waals surface area contributed by atoms with Gasteiger partial charge in [0.15, 0.2) is 0 Å². The molecule has 0 bridgehead atoms. The van der Waals surface area contributed by atoms with E-state index < -0.39 is 22.7 Å². The van der Waals surface area contributed by atoms with Gasteiger partial charge in [-0.3, -0.25) is 0 Å². The van der Waals surface area contributed by atoms with Gasteiger partial charge in [0.2, 0.25) is 6.08 Å². The summed E-state index contributed by atoms with van der Waals surface area (Å²) in [6, 6.07) is 0.701. The van der Waals surface area contributed by atoms with Gasteiger partial charge in [-0.15, -0.1) is 0 Å². The number of carbonyl (C=O) groups excluding carboxylic acids is 1. The molecule has 10 heteroatoms. The van der Waals surface area contributed by atoms with Gasteiger partial charge in [-0.1, -0.05) is 55.4 Å². The van der Waals surface area contributed by atoms with E-state index in [0.29, 0.717) is 6.04 Å². The van der Waals surface area contributed by atoms with Crippen molar-refractivity contribution in [2.24, 2.45) is 10.4 Å². The summed E-state index contributed by atoms with van der Waals surface area (Å²) in [5, 5.41) is 0. The van der Waals surface area contributed by atoms with Gasteiger partial charge in [0.1, 0.15) is 0 Å². The highest BCUT2D eigenvalue weighted by Crippen LogP contribution is 2.48. The van der Waals surface area contributed by atoms with E-state index in [1.54, 1.807) is 6.08 Å². The fraction of sp³-hybridized carbons (Fsp3) is 0.941. The molecule has 1 rings (SSSR count). The summed E-state index contributed by atoms with van der Waals surface area (Å²) in [5.74, 6) is 0. The number of nitrogens with zero attached hydrogens (tertiary/aromatic N) is 1. The predicted molar refractivity (Wildman–Crippen MR) is 113 cm³/mol. The van der Waals surface area contributed by atoms with Crippen molar-refractivity contribution in [2.75, 3.05) is 0 Å². The quantitative estimate of drug-likeness (QED) is 0.330. The minimum absolute atomic E-state index is 0.0495. The summed E-state index contributed by atoms with van der Waals surface area (Å²) in [5.41, 5.74) is -0.147. The van der Waals surface area contributed by atoms with Crippen molar-refractivity contribution in [1.82, 2.24) is 0 Å². The van der Waals surface area contributed by atoms with Crippen LogP contribution in [0.4, 0.5) is 0 Å². The third-order valence-electron chi connectivity index (χ3n) is 5.99. The Hall–Kier alpha value is 0.0875. The monoisotopic (exact) mass is 445 g/mol. The maximum atomic E-state index is 11.0. The zero-order valence-corrected chi connectivity index (χ0v) is 22.4. The molecule has 1 aliphatic rings. The van der Waals surface area contributed by atoms with Crippen LogP contribution in [0, 0.1) is 5.41 Å². The molecule has 1 saturated heterocycles. The highest BCUT2D eigenvalue weighted by Gasteiger charge is 2.58. The van der Waals surface area contributed by atoms with Crippen LogP contribution in [0.25, 0.3) is 0 Å². The van der Waals surface area contributed by atoms with Gasteiger partial charge in [-0.05, 0) is 41.9 Å². The Kier molecular flexibility index (Phi) is 8.63. The fourth-order valence-corrected chi connectivity index (χ4v) is 18.4. The zero-order chi connectivity index (χ0) is 21.1. The van der Waals surface area contributed by atoms with E-state index in [1.807, 2.05) is 13.8 Å². The first-order valence-electron chi connectivity index (χ1n) is 9.57. The summed E-state index contributed by atoms with van der Waals surface area (Å²) >= 11 is 0. The van der Waals surface area contributed by atoms with Crippen molar-refractivity contribution in [1.29, 1.82) is 0 Å². The molecular weight excluding hydrogens is 411 g/mol. The standard InChI is InChI=1S/C17H35NO5Si4/c1-13(2)26(11-16(7,8)17(9,10)18-12-19)21-24-20-25-22-27(23-26,14(3)4)15(5)6/h13-15H,11H2,1-10H3. The highest BCUT2D eigenvalue weighted by atomic mass is 28.5. The number of rotatable bonds is 7. The Bertz CT molecular complexity index is 541. The summed E-state index contributed by atoms with van der Waals surface area (Å²) in [6.07, 6.45) is 1.74. The van der Waals surface area contributed by atoms with Gasteiger partial charge < -0.3 is 16.5 Å². The lowest BCUT2D eigenvalue weighted by Crippen LogP contribution is -2.64. The van der Waals surface area contributed by atoms with E-state index in [0.717, 1.165) is 0 Å². The van der Waals surface area contributed by atoms with Crippen molar-refractivity contribution in [2.45, 2.75) is 97.4 Å². The average molecular weight is 446 g/mol. The van der Waals surface area contributed by atoms with Crippen LogP contribution >= 0.6 is 0 Å². The minimum Gasteiger partial charge on any atom is -0.415 e. The molecule has 0 spiro atoms. The average Bonchev–Trinajstić information content (AvgIpc) is 2.48. The molecule has 1 unspecified atom stereocenters. The number of isocyanates is 1. The molecule has 0 N–H and O–H groups in total. The van der Waals surface area contributed by atoms with Crippen LogP contribution in [-0.4, -0.2) is 48.8 Å². The van der Waals surface area contributed by atoms with E-state index in [2.05, 4.69) is 60.4 Å². The van der Waals surface area contributed by atoms with Gasteiger partial charge in [0.25, 0.3) is 0 Å². The molecule has 0 aromatic rings. The van der Waals surface area contributed by atoms with E-state index in [-0.39, 0.29) is 42.1 Å². The third kappa shape index (κ3) is 5.37. The molecule has 27 heavy (non-hydrogen) atoms. The SMILES string of the molecule is CC(C)[Si]1(CC(C)(C)C(C)(C)N=C=O)O[Si]O[Si]O[Si](C(C)C)(C(C)C)O1. The number of hydrogen-bond donors (Lipinski definition) is 0. The van der Waals surface area contributed by atoms with Crippen molar-refractivity contribution < 1.29 is 21.3 Å². The van der Waals surface area contributed by atoms with E-state index in [4.69, 9.17) is 16.5 Å². The van der Waals surface area contributed by atoms with Crippen molar-refractivity contribution in [3.63, 3.8) is 0 Å². The van der Waals surface area contributed by atoms with Crippen LogP contribution in [0.5, 0.6) is 0 Å². The molecule has 1 aliphatic heterocycles. The Labute approximate surface area is 172 Å². The van der Waals surface area contributed by atoms with Crippen molar-refractivity contribution >= 4 is 43.2 Å². The van der Waals surface area contributed by atoms with E-state index in [1.165, 1.54) is 0 Å². The van der Waals surface area contributed by atoms with Crippen LogP contribution in [0.1, 0.15) is 69.2 Å². The number of aliphatic imine (C=N–C) groups is 1. The Morgan fingerprint density at radius 2 is 1.44 bits per heavy atom. The molecule has 4 radical (unpaired) electrons. The molecule has 1 atom stereocenters. The molecule has 0 amide bonds. The minimum atomic E-state index is -2.74. The first-order valence-corrected chi connectivity index (χ1v) is 15.3. The van der Waals surface area contributed by atoms with Gasteiger partial charge in [-0.2, -0.15) is 4.99 Å². The predicted octanol–water partition coefficient (Wildman–Crippen LogP) is 4.39. The fourth-order valence-electron chi connectivity index (χ4n) is 3.25. The maximum absolute atomic E-state index is 11.0. The molecular formula is C17H35NO5Si4. The maximum Gasteiger partial charge on any atom is 0.413 e. The van der Waals surface area contributed by atoms with Crippen LogP contribution in [0.3, 0.4) is 0 Å². The van der Waals surface area contributed by atoms with Gasteiger partial charge in [0, 0.05) is 0 Å². The Morgan fingerprint density at radius 3 is 1.89 bits per heavy atom. The van der Waals surface area contributed by atoms with Crippen molar-refractivity contribution in [3.05, 3.63) is 0 Å². The van der Waals surface area contributed by atoms with Crippen LogP contribution < -0.4 is 0 Å². The molecule has 154 valence electrons. The van der Waals surface area contributed by atoms with Crippen LogP contribution in [0.2, 0.25) is 22.7 Å². The van der Waals surface area contributed by atoms with Gasteiger partial charge >= 0.3 is 37.1 Å². The van der Waals surface area contributed by atoms with Crippen molar-refractivity contribution in [3.8, 4) is 0 Å². The molecule has 0 aromatic carbocycles. The lowest BCUT2D eigenvalue weighted by molar-refractivity contribution is 0.187. The van der Waals surface area contributed by atoms with E-state index >= 15 is 0 Å². The number of hydrogen-bond acceptors (Lipinski definition) is 6. The molecule has 0 aromatic heterocycles. The second kappa shape index (κ2) is 9.27. The second-order valence-corrected chi connectivity index (χ2v) is 19.9. The molecule has 6 nitrogen and oxygen atoms in total. The summed E-state index contributed by atoms with van der Waals surface area (Å²) in [6.45, 7) is 21.2. The third-order valence-corrected chi connectivity index (χ3v) is 19.0. The van der Waals surface area contributed by atoms with E-state index in [9.17, 15) is 4.79 Å². The lowest BCUT2D eigenvalue weighted by atomic mass is 9.76. The largest absolute Gasteiger partial charge is 0.415 e. The Morgan fingerprint density at radius 1 is 0.926 bits per heavy atom. The highest BCUT2D eigenvalue weighted by molar-refractivity contribution is 6.86. The second-order valence-electron chi connectivity index (χ2n) is 9.40. The summed E-state index contributed by atoms with van der Waals surface area (Å²) in [7, 11) is -5.46. The van der Waals surface area contributed by atoms with Gasteiger partial charge in [-0.25, -0.2) is 4.79 Å². The molecule has 1 fully saturated rings. The first-order chi connectivity index (χ1) is 12.3. The normalized spacial score (nSPS) is 24.6. The van der Waals surface area contributed by atoms with Crippen LogP contribution in [-0.2, 0) is 21.3 Å². The zero-order valence-electron chi connectivity index (χ0n) is 18.4. The van der Waals surface area contributed by atoms with Gasteiger partial charge in [0.05, 0.1) is 5.54 Å². The Balaban J connectivity index is 3.44. The smallest absolute Gasteiger partial charge is 0.413 e. The molecule has 0 aliphatic carbocycles. The van der Waals surface area contributed by atoms with Crippen LogP contribution in [0.15, 0.2) is 4.99 Å². The summed E-state index contributed by atoms with van der Waals surface area (Å²) < 4.78 is 25.6. The lowest BCUT2D eigenvalue weighted by Gasteiger charge is -2.51. The molecule has 1 heterocycles. The first kappa shape index (κ1) is 25.1. The topological polar surface area (TPSA) is 66.4 Å².